The molecule has 4 rings (SSSR count). The smallest absolute Gasteiger partial charge is 0.263 e. The van der Waals surface area contributed by atoms with Gasteiger partial charge >= 0.3 is 0 Å². The van der Waals surface area contributed by atoms with Gasteiger partial charge in [-0.3, -0.25) is 9.69 Å². The standard InChI is InChI=1S/C25H29N3O2S/c1-18-5-11-22(12-6-18)30-17-23-27-19(2)24(31-23)25(29)26-15-20-7-9-21(10-8-20)16-28-13-3-4-14-28/h5-12H,3-4,13-17H2,1-2H3,(H,26,29). The number of nitrogens with zero attached hydrogens (tertiary/aromatic N) is 2. The lowest BCUT2D eigenvalue weighted by Gasteiger charge is -2.14. The van der Waals surface area contributed by atoms with Gasteiger partial charge in [-0.2, -0.15) is 0 Å². The van der Waals surface area contributed by atoms with Crippen molar-refractivity contribution in [2.24, 2.45) is 0 Å². The van der Waals surface area contributed by atoms with Crippen molar-refractivity contribution in [3.63, 3.8) is 0 Å². The summed E-state index contributed by atoms with van der Waals surface area (Å²) in [7, 11) is 0. The van der Waals surface area contributed by atoms with E-state index in [0.29, 0.717) is 18.0 Å². The summed E-state index contributed by atoms with van der Waals surface area (Å²) < 4.78 is 5.80. The van der Waals surface area contributed by atoms with Crippen LogP contribution in [0.4, 0.5) is 0 Å². The number of rotatable bonds is 8. The van der Waals surface area contributed by atoms with Crippen LogP contribution < -0.4 is 10.1 Å². The fraction of sp³-hybridized carbons (Fsp3) is 0.360. The highest BCUT2D eigenvalue weighted by molar-refractivity contribution is 7.13. The molecular formula is C25H29N3O2S. The van der Waals surface area contributed by atoms with Crippen molar-refractivity contribution in [2.75, 3.05) is 13.1 Å². The van der Waals surface area contributed by atoms with E-state index in [4.69, 9.17) is 4.74 Å². The molecular weight excluding hydrogens is 406 g/mol. The van der Waals surface area contributed by atoms with Crippen LogP contribution in [0.15, 0.2) is 48.5 Å². The highest BCUT2D eigenvalue weighted by Crippen LogP contribution is 2.21. The number of amides is 1. The summed E-state index contributed by atoms with van der Waals surface area (Å²) in [5.41, 5.74) is 4.36. The average molecular weight is 436 g/mol. The molecule has 2 aromatic carbocycles. The molecule has 6 heteroatoms. The number of nitrogens with one attached hydrogen (secondary N) is 1. The third-order valence-electron chi connectivity index (χ3n) is 5.51. The van der Waals surface area contributed by atoms with Gasteiger partial charge in [0.2, 0.25) is 0 Å². The Morgan fingerprint density at radius 2 is 1.71 bits per heavy atom. The van der Waals surface area contributed by atoms with Crippen LogP contribution in [0.3, 0.4) is 0 Å². The van der Waals surface area contributed by atoms with Crippen molar-refractivity contribution >= 4 is 17.2 Å². The van der Waals surface area contributed by atoms with Gasteiger partial charge in [-0.25, -0.2) is 4.98 Å². The third kappa shape index (κ3) is 5.93. The maximum Gasteiger partial charge on any atom is 0.263 e. The molecule has 2 heterocycles. The number of hydrogen-bond donors (Lipinski definition) is 1. The van der Waals surface area contributed by atoms with Crippen LogP contribution in [0.5, 0.6) is 5.75 Å². The van der Waals surface area contributed by atoms with Crippen molar-refractivity contribution in [1.29, 1.82) is 0 Å². The number of benzene rings is 2. The fourth-order valence-electron chi connectivity index (χ4n) is 3.73. The van der Waals surface area contributed by atoms with Gasteiger partial charge in [-0.15, -0.1) is 11.3 Å². The van der Waals surface area contributed by atoms with Gasteiger partial charge in [0.05, 0.1) is 5.69 Å². The number of aryl methyl sites for hydroxylation is 2. The summed E-state index contributed by atoms with van der Waals surface area (Å²) in [6.07, 6.45) is 2.61. The number of carbonyl (C=O) groups excluding carboxylic acids is 1. The van der Waals surface area contributed by atoms with Gasteiger partial charge in [0.1, 0.15) is 22.2 Å². The Hall–Kier alpha value is -2.70. The molecule has 1 aromatic heterocycles. The van der Waals surface area contributed by atoms with E-state index in [1.54, 1.807) is 0 Å². The maximum atomic E-state index is 12.7. The molecule has 1 fully saturated rings. The number of ether oxygens (including phenoxy) is 1. The number of aromatic nitrogens is 1. The quantitative estimate of drug-likeness (QED) is 0.549. The van der Waals surface area contributed by atoms with E-state index < -0.39 is 0 Å². The molecule has 31 heavy (non-hydrogen) atoms. The van der Waals surface area contributed by atoms with Crippen molar-refractivity contribution in [1.82, 2.24) is 15.2 Å². The van der Waals surface area contributed by atoms with Gasteiger partial charge in [0, 0.05) is 13.1 Å². The molecule has 5 nitrogen and oxygen atoms in total. The van der Waals surface area contributed by atoms with Crippen LogP contribution in [-0.4, -0.2) is 28.9 Å². The zero-order valence-corrected chi connectivity index (χ0v) is 19.0. The Balaban J connectivity index is 1.28. The Labute approximate surface area is 188 Å². The van der Waals surface area contributed by atoms with E-state index in [1.165, 1.54) is 48.4 Å². The first-order chi connectivity index (χ1) is 15.1. The largest absolute Gasteiger partial charge is 0.486 e. The molecule has 1 saturated heterocycles. The minimum atomic E-state index is -0.0854. The van der Waals surface area contributed by atoms with Crippen LogP contribution >= 0.6 is 11.3 Å². The van der Waals surface area contributed by atoms with Crippen LogP contribution in [0, 0.1) is 13.8 Å². The highest BCUT2D eigenvalue weighted by atomic mass is 32.1. The normalized spacial score (nSPS) is 14.0. The third-order valence-corrected chi connectivity index (χ3v) is 6.64. The lowest BCUT2D eigenvalue weighted by Crippen LogP contribution is -2.22. The molecule has 0 aliphatic carbocycles. The van der Waals surface area contributed by atoms with Crippen LogP contribution in [-0.2, 0) is 19.7 Å². The predicted octanol–water partition coefficient (Wildman–Crippen LogP) is 4.86. The topological polar surface area (TPSA) is 54.5 Å². The van der Waals surface area contributed by atoms with Crippen LogP contribution in [0.2, 0.25) is 0 Å². The van der Waals surface area contributed by atoms with Gasteiger partial charge in [-0.05, 0) is 63.0 Å². The Bertz CT molecular complexity index is 1010. The Kier molecular flexibility index (Phi) is 6.99. The van der Waals surface area contributed by atoms with Crippen molar-refractivity contribution in [3.05, 3.63) is 80.8 Å². The minimum absolute atomic E-state index is 0.0854. The van der Waals surface area contributed by atoms with E-state index in [0.717, 1.165) is 28.6 Å². The first kappa shape index (κ1) is 21.5. The van der Waals surface area contributed by atoms with E-state index in [1.807, 2.05) is 38.1 Å². The van der Waals surface area contributed by atoms with Crippen molar-refractivity contribution in [3.8, 4) is 5.75 Å². The molecule has 3 aromatic rings. The summed E-state index contributed by atoms with van der Waals surface area (Å²) in [5, 5.41) is 3.82. The molecule has 162 valence electrons. The molecule has 1 N–H and O–H groups in total. The molecule has 0 saturated carbocycles. The zero-order chi connectivity index (χ0) is 21.6. The lowest BCUT2D eigenvalue weighted by atomic mass is 10.1. The first-order valence-corrected chi connectivity index (χ1v) is 11.6. The second kappa shape index (κ2) is 10.1. The maximum absolute atomic E-state index is 12.7. The monoisotopic (exact) mass is 435 g/mol. The first-order valence-electron chi connectivity index (χ1n) is 10.8. The number of hydrogen-bond acceptors (Lipinski definition) is 5. The summed E-state index contributed by atoms with van der Waals surface area (Å²) in [6.45, 7) is 8.19. The average Bonchev–Trinajstić information content (AvgIpc) is 3.42. The second-order valence-corrected chi connectivity index (χ2v) is 9.19. The number of carbonyl (C=O) groups is 1. The Morgan fingerprint density at radius 3 is 2.42 bits per heavy atom. The number of likely N-dealkylation sites (tertiary alicyclic amines) is 1. The Morgan fingerprint density at radius 1 is 1.03 bits per heavy atom. The summed E-state index contributed by atoms with van der Waals surface area (Å²) in [5.74, 6) is 0.718. The molecule has 0 atom stereocenters. The molecule has 0 spiro atoms. The van der Waals surface area contributed by atoms with E-state index in [2.05, 4.69) is 39.5 Å². The molecule has 1 aliphatic rings. The molecule has 0 bridgehead atoms. The molecule has 0 radical (unpaired) electrons. The second-order valence-electron chi connectivity index (χ2n) is 8.11. The van der Waals surface area contributed by atoms with Crippen molar-refractivity contribution in [2.45, 2.75) is 46.4 Å². The van der Waals surface area contributed by atoms with E-state index in [-0.39, 0.29) is 5.91 Å². The van der Waals surface area contributed by atoms with E-state index in [9.17, 15) is 4.79 Å². The molecule has 0 unspecified atom stereocenters. The van der Waals surface area contributed by atoms with Gasteiger partial charge in [0.15, 0.2) is 0 Å². The predicted molar refractivity (Wildman–Crippen MR) is 124 cm³/mol. The SMILES string of the molecule is Cc1ccc(OCc2nc(C)c(C(=O)NCc3ccc(CN4CCCC4)cc3)s2)cc1. The fourth-order valence-corrected chi connectivity index (χ4v) is 4.62. The van der Waals surface area contributed by atoms with Gasteiger partial charge in [-0.1, -0.05) is 42.0 Å². The highest BCUT2D eigenvalue weighted by Gasteiger charge is 2.16. The summed E-state index contributed by atoms with van der Waals surface area (Å²) in [6, 6.07) is 16.5. The summed E-state index contributed by atoms with van der Waals surface area (Å²) >= 11 is 1.39. The molecule has 1 amide bonds. The van der Waals surface area contributed by atoms with Crippen molar-refractivity contribution < 1.29 is 9.53 Å². The van der Waals surface area contributed by atoms with E-state index >= 15 is 0 Å². The number of thiazole rings is 1. The minimum Gasteiger partial charge on any atom is -0.486 e. The van der Waals surface area contributed by atoms with Gasteiger partial charge < -0.3 is 10.1 Å². The summed E-state index contributed by atoms with van der Waals surface area (Å²) in [4.78, 5) is 20.3. The molecule has 1 aliphatic heterocycles. The van der Waals surface area contributed by atoms with Gasteiger partial charge in [0.25, 0.3) is 5.91 Å². The zero-order valence-electron chi connectivity index (χ0n) is 18.2. The lowest BCUT2D eigenvalue weighted by molar-refractivity contribution is 0.0954. The van der Waals surface area contributed by atoms with Crippen LogP contribution in [0.1, 0.15) is 49.9 Å². The van der Waals surface area contributed by atoms with Crippen LogP contribution in [0.25, 0.3) is 0 Å².